The van der Waals surface area contributed by atoms with Gasteiger partial charge in [0.1, 0.15) is 5.69 Å². The number of nitrogens with zero attached hydrogens (tertiary/aromatic N) is 2. The lowest BCUT2D eigenvalue weighted by Gasteiger charge is -2.23. The number of aromatic nitrogens is 1. The number of carbonyl (C=O) groups excluding carboxylic acids is 2. The number of benzene rings is 1. The number of likely N-dealkylation sites (tertiary alicyclic amines) is 1. The Hall–Kier alpha value is -2.69. The molecular formula is C21H25N3O2. The predicted octanol–water partition coefficient (Wildman–Crippen LogP) is 3.87. The molecule has 5 nitrogen and oxygen atoms in total. The van der Waals surface area contributed by atoms with Crippen molar-refractivity contribution in [2.24, 2.45) is 0 Å². The fourth-order valence-corrected chi connectivity index (χ4v) is 3.21. The maximum Gasteiger partial charge on any atom is 0.272 e. The quantitative estimate of drug-likeness (QED) is 0.913. The number of hydrogen-bond donors (Lipinski definition) is 1. The molecule has 0 aliphatic carbocycles. The third kappa shape index (κ3) is 3.93. The van der Waals surface area contributed by atoms with Crippen molar-refractivity contribution in [2.45, 2.75) is 39.0 Å². The van der Waals surface area contributed by atoms with Crippen LogP contribution in [0, 0.1) is 0 Å². The van der Waals surface area contributed by atoms with Crippen LogP contribution >= 0.6 is 0 Å². The van der Waals surface area contributed by atoms with Crippen LogP contribution in [0.15, 0.2) is 42.6 Å². The highest BCUT2D eigenvalue weighted by molar-refractivity contribution is 6.06. The molecule has 1 aromatic carbocycles. The highest BCUT2D eigenvalue weighted by Gasteiger charge is 2.22. The Morgan fingerprint density at radius 2 is 1.77 bits per heavy atom. The molecule has 1 aliphatic heterocycles. The zero-order chi connectivity index (χ0) is 18.7. The zero-order valence-corrected chi connectivity index (χ0v) is 15.6. The van der Waals surface area contributed by atoms with Gasteiger partial charge in [0.25, 0.3) is 11.8 Å². The van der Waals surface area contributed by atoms with E-state index in [1.165, 1.54) is 6.20 Å². The van der Waals surface area contributed by atoms with Crippen molar-refractivity contribution in [1.29, 1.82) is 0 Å². The van der Waals surface area contributed by atoms with Gasteiger partial charge in [-0.1, -0.05) is 39.0 Å². The highest BCUT2D eigenvalue weighted by atomic mass is 16.2. The summed E-state index contributed by atoms with van der Waals surface area (Å²) in [5.41, 5.74) is 2.53. The minimum atomic E-state index is -0.237. The summed E-state index contributed by atoms with van der Waals surface area (Å²) in [5, 5.41) is 2.98. The Morgan fingerprint density at radius 1 is 1.08 bits per heavy atom. The van der Waals surface area contributed by atoms with Gasteiger partial charge in [-0.05, 0) is 42.0 Å². The van der Waals surface area contributed by atoms with Gasteiger partial charge in [0, 0.05) is 30.5 Å². The lowest BCUT2D eigenvalue weighted by atomic mass is 9.86. The first-order valence-corrected chi connectivity index (χ1v) is 9.02. The molecule has 0 bridgehead atoms. The lowest BCUT2D eigenvalue weighted by molar-refractivity contribution is 0.0787. The summed E-state index contributed by atoms with van der Waals surface area (Å²) < 4.78 is 0. The first-order valence-electron chi connectivity index (χ1n) is 9.02. The Labute approximate surface area is 154 Å². The van der Waals surface area contributed by atoms with E-state index in [0.717, 1.165) is 37.2 Å². The normalized spacial score (nSPS) is 14.3. The van der Waals surface area contributed by atoms with E-state index in [0.29, 0.717) is 11.3 Å². The largest absolute Gasteiger partial charge is 0.337 e. The average Bonchev–Trinajstić information content (AvgIpc) is 3.15. The third-order valence-electron chi connectivity index (χ3n) is 4.62. The summed E-state index contributed by atoms with van der Waals surface area (Å²) in [7, 11) is 0. The summed E-state index contributed by atoms with van der Waals surface area (Å²) in [6, 6.07) is 11.0. The van der Waals surface area contributed by atoms with Crippen LogP contribution in [-0.2, 0) is 5.41 Å². The van der Waals surface area contributed by atoms with Crippen LogP contribution < -0.4 is 5.32 Å². The monoisotopic (exact) mass is 351 g/mol. The molecule has 2 aromatic rings. The van der Waals surface area contributed by atoms with Gasteiger partial charge in [0.2, 0.25) is 0 Å². The Morgan fingerprint density at radius 3 is 2.46 bits per heavy atom. The fraction of sp³-hybridized carbons (Fsp3) is 0.381. The average molecular weight is 351 g/mol. The van der Waals surface area contributed by atoms with E-state index in [1.807, 2.05) is 24.3 Å². The molecule has 1 fully saturated rings. The van der Waals surface area contributed by atoms with E-state index in [1.54, 1.807) is 17.0 Å². The number of rotatable bonds is 3. The van der Waals surface area contributed by atoms with Gasteiger partial charge in [0.05, 0.1) is 0 Å². The summed E-state index contributed by atoms with van der Waals surface area (Å²) in [5.74, 6) is -0.341. The highest BCUT2D eigenvalue weighted by Crippen LogP contribution is 2.29. The SMILES string of the molecule is CC(C)(C)c1ccccc1NC(=O)c1ccnc(C(=O)N2CCCC2)c1. The van der Waals surface area contributed by atoms with Crippen molar-refractivity contribution in [1.82, 2.24) is 9.88 Å². The molecule has 1 aliphatic rings. The Balaban J connectivity index is 1.81. The van der Waals surface area contributed by atoms with Crippen LogP contribution in [0.25, 0.3) is 0 Å². The van der Waals surface area contributed by atoms with Gasteiger partial charge in [-0.2, -0.15) is 0 Å². The standard InChI is InChI=1S/C21H25N3O2/c1-21(2,3)16-8-4-5-9-17(16)23-19(25)15-10-11-22-18(14-15)20(26)24-12-6-7-13-24/h4-5,8-11,14H,6-7,12-13H2,1-3H3,(H,23,25). The van der Waals surface area contributed by atoms with E-state index in [4.69, 9.17) is 0 Å². The number of carbonyl (C=O) groups is 2. The van der Waals surface area contributed by atoms with Gasteiger partial charge in [-0.15, -0.1) is 0 Å². The molecule has 0 unspecified atom stereocenters. The number of nitrogens with one attached hydrogen (secondary N) is 1. The number of para-hydroxylation sites is 1. The molecule has 0 radical (unpaired) electrons. The fourth-order valence-electron chi connectivity index (χ4n) is 3.21. The summed E-state index contributed by atoms with van der Waals surface area (Å²) in [6.45, 7) is 7.84. The van der Waals surface area contributed by atoms with Gasteiger partial charge in [-0.3, -0.25) is 14.6 Å². The molecule has 1 aromatic heterocycles. The predicted molar refractivity (Wildman–Crippen MR) is 102 cm³/mol. The van der Waals surface area contributed by atoms with Crippen LogP contribution in [0.2, 0.25) is 0 Å². The molecule has 1 saturated heterocycles. The first kappa shape index (κ1) is 18.1. The van der Waals surface area contributed by atoms with Gasteiger partial charge in [0.15, 0.2) is 0 Å². The van der Waals surface area contributed by atoms with Crippen molar-refractivity contribution < 1.29 is 9.59 Å². The molecule has 0 spiro atoms. The van der Waals surface area contributed by atoms with E-state index in [2.05, 4.69) is 31.1 Å². The number of hydrogen-bond acceptors (Lipinski definition) is 3. The van der Waals surface area contributed by atoms with Crippen LogP contribution in [0.4, 0.5) is 5.69 Å². The van der Waals surface area contributed by atoms with E-state index in [-0.39, 0.29) is 17.2 Å². The minimum absolute atomic E-state index is 0.0843. The van der Waals surface area contributed by atoms with E-state index >= 15 is 0 Å². The number of anilines is 1. The molecule has 136 valence electrons. The van der Waals surface area contributed by atoms with Crippen LogP contribution in [0.3, 0.4) is 0 Å². The summed E-state index contributed by atoms with van der Waals surface area (Å²) in [6.07, 6.45) is 3.57. The van der Waals surface area contributed by atoms with Crippen LogP contribution in [0.1, 0.15) is 60.0 Å². The van der Waals surface area contributed by atoms with E-state index in [9.17, 15) is 9.59 Å². The smallest absolute Gasteiger partial charge is 0.272 e. The topological polar surface area (TPSA) is 62.3 Å². The zero-order valence-electron chi connectivity index (χ0n) is 15.6. The second-order valence-electron chi connectivity index (χ2n) is 7.68. The van der Waals surface area contributed by atoms with Crippen LogP contribution in [-0.4, -0.2) is 34.8 Å². The van der Waals surface area contributed by atoms with Gasteiger partial charge < -0.3 is 10.2 Å². The molecule has 5 heteroatoms. The van der Waals surface area contributed by atoms with Crippen molar-refractivity contribution >= 4 is 17.5 Å². The second-order valence-corrected chi connectivity index (χ2v) is 7.68. The lowest BCUT2D eigenvalue weighted by Crippen LogP contribution is -2.28. The Kier molecular flexibility index (Phi) is 5.07. The van der Waals surface area contributed by atoms with Gasteiger partial charge >= 0.3 is 0 Å². The molecular weight excluding hydrogens is 326 g/mol. The second kappa shape index (κ2) is 7.28. The minimum Gasteiger partial charge on any atom is -0.337 e. The van der Waals surface area contributed by atoms with Crippen molar-refractivity contribution in [3.8, 4) is 0 Å². The number of amides is 2. The third-order valence-corrected chi connectivity index (χ3v) is 4.62. The number of pyridine rings is 1. The first-order chi connectivity index (χ1) is 12.4. The van der Waals surface area contributed by atoms with Crippen molar-refractivity contribution in [2.75, 3.05) is 18.4 Å². The summed E-state index contributed by atoms with van der Waals surface area (Å²) >= 11 is 0. The summed E-state index contributed by atoms with van der Waals surface area (Å²) in [4.78, 5) is 31.2. The maximum absolute atomic E-state index is 12.7. The van der Waals surface area contributed by atoms with Crippen LogP contribution in [0.5, 0.6) is 0 Å². The van der Waals surface area contributed by atoms with Crippen molar-refractivity contribution in [3.05, 3.63) is 59.4 Å². The molecule has 26 heavy (non-hydrogen) atoms. The molecule has 3 rings (SSSR count). The molecule has 2 amide bonds. The maximum atomic E-state index is 12.7. The molecule has 1 N–H and O–H groups in total. The molecule has 0 saturated carbocycles. The van der Waals surface area contributed by atoms with E-state index < -0.39 is 0 Å². The molecule has 2 heterocycles. The Bertz CT molecular complexity index is 818. The van der Waals surface area contributed by atoms with Crippen molar-refractivity contribution in [3.63, 3.8) is 0 Å². The van der Waals surface area contributed by atoms with Gasteiger partial charge in [-0.25, -0.2) is 0 Å². The molecule has 0 atom stereocenters.